The van der Waals surface area contributed by atoms with Gasteiger partial charge in [0.05, 0.1) is 11.2 Å². The average Bonchev–Trinajstić information content (AvgIpc) is 2.10. The van der Waals surface area contributed by atoms with E-state index in [9.17, 15) is 5.11 Å². The Morgan fingerprint density at radius 1 is 1.20 bits per heavy atom. The maximum absolute atomic E-state index is 10.5. The molecule has 2 nitrogen and oxygen atoms in total. The van der Waals surface area contributed by atoms with Crippen molar-refractivity contribution in [2.75, 3.05) is 6.61 Å². The van der Waals surface area contributed by atoms with Gasteiger partial charge in [-0.2, -0.15) is 0 Å². The number of hydrogen-bond donors (Lipinski definition) is 1. The van der Waals surface area contributed by atoms with E-state index in [1.54, 1.807) is 0 Å². The molecule has 0 aromatic rings. The van der Waals surface area contributed by atoms with E-state index in [1.807, 2.05) is 0 Å². The molecule has 4 fully saturated rings. The van der Waals surface area contributed by atoms with E-state index in [1.165, 1.54) is 19.3 Å². The fourth-order valence-electron chi connectivity index (χ4n) is 4.62. The maximum atomic E-state index is 10.5. The summed E-state index contributed by atoms with van der Waals surface area (Å²) < 4.78 is 6.10. The molecule has 1 N–H and O–H groups in total. The third-order valence-electron chi connectivity index (χ3n) is 4.59. The van der Waals surface area contributed by atoms with Gasteiger partial charge in [-0.15, -0.1) is 0 Å². The lowest BCUT2D eigenvalue weighted by atomic mass is 9.52. The predicted molar refractivity (Wildman–Crippen MR) is 58.6 cm³/mol. The highest BCUT2D eigenvalue weighted by atomic mass is 16.5. The lowest BCUT2D eigenvalue weighted by molar-refractivity contribution is -0.219. The van der Waals surface area contributed by atoms with Crippen LogP contribution < -0.4 is 0 Å². The van der Waals surface area contributed by atoms with E-state index < -0.39 is 0 Å². The first kappa shape index (κ1) is 10.1. The summed E-state index contributed by atoms with van der Waals surface area (Å²) in [6.07, 6.45) is 7.86. The zero-order valence-corrected chi connectivity index (χ0v) is 9.67. The molecule has 2 atom stereocenters. The second-order valence-electron chi connectivity index (χ2n) is 6.22. The van der Waals surface area contributed by atoms with Gasteiger partial charge in [-0.3, -0.25) is 0 Å². The highest BCUT2D eigenvalue weighted by molar-refractivity contribution is 5.09. The maximum Gasteiger partial charge on any atom is 0.0715 e. The Bertz CT molecular complexity index is 247. The van der Waals surface area contributed by atoms with Gasteiger partial charge >= 0.3 is 0 Å². The van der Waals surface area contributed by atoms with Crippen LogP contribution in [0.4, 0.5) is 0 Å². The van der Waals surface area contributed by atoms with E-state index in [0.717, 1.165) is 44.1 Å². The molecule has 0 amide bonds. The average molecular weight is 210 g/mol. The Balaban J connectivity index is 1.80. The standard InChI is InChI=1S/C13H22O2/c1-2-3-15-13-7-10-4-11(8-13)6-12(14,5-10)9-13/h10-11,14H,2-9H2,1H3. The molecule has 0 radical (unpaired) electrons. The predicted octanol–water partition coefficient (Wildman–Crippen LogP) is 2.50. The fourth-order valence-corrected chi connectivity index (χ4v) is 4.62. The first-order valence-electron chi connectivity index (χ1n) is 6.49. The molecule has 2 unspecified atom stereocenters. The Morgan fingerprint density at radius 3 is 2.40 bits per heavy atom. The van der Waals surface area contributed by atoms with Crippen LogP contribution in [0.15, 0.2) is 0 Å². The number of aliphatic hydroxyl groups is 1. The highest BCUT2D eigenvalue weighted by Crippen LogP contribution is 2.58. The molecule has 4 saturated carbocycles. The molecular formula is C13H22O2. The number of rotatable bonds is 3. The van der Waals surface area contributed by atoms with Gasteiger partial charge in [0.15, 0.2) is 0 Å². The largest absolute Gasteiger partial charge is 0.390 e. The van der Waals surface area contributed by atoms with E-state index in [0.29, 0.717) is 0 Å². The van der Waals surface area contributed by atoms with Crippen LogP contribution in [0, 0.1) is 11.8 Å². The summed E-state index contributed by atoms with van der Waals surface area (Å²) >= 11 is 0. The normalized spacial score (nSPS) is 52.4. The van der Waals surface area contributed by atoms with Crippen molar-refractivity contribution in [3.63, 3.8) is 0 Å². The lowest BCUT2D eigenvalue weighted by Gasteiger charge is -2.59. The smallest absolute Gasteiger partial charge is 0.0715 e. The van der Waals surface area contributed by atoms with Gasteiger partial charge in [0.25, 0.3) is 0 Å². The molecule has 4 aliphatic carbocycles. The zero-order valence-electron chi connectivity index (χ0n) is 9.67. The Morgan fingerprint density at radius 2 is 1.87 bits per heavy atom. The molecule has 0 saturated heterocycles. The number of hydrogen-bond acceptors (Lipinski definition) is 2. The molecule has 15 heavy (non-hydrogen) atoms. The fraction of sp³-hybridized carbons (Fsp3) is 1.00. The first-order valence-corrected chi connectivity index (χ1v) is 6.49. The van der Waals surface area contributed by atoms with Crippen molar-refractivity contribution in [3.8, 4) is 0 Å². The second kappa shape index (κ2) is 3.21. The summed E-state index contributed by atoms with van der Waals surface area (Å²) in [5.41, 5.74) is -0.299. The number of ether oxygens (including phenoxy) is 1. The Kier molecular flexibility index (Phi) is 2.16. The van der Waals surface area contributed by atoms with E-state index >= 15 is 0 Å². The molecular weight excluding hydrogens is 188 g/mol. The van der Waals surface area contributed by atoms with Crippen molar-refractivity contribution in [2.45, 2.75) is 63.1 Å². The van der Waals surface area contributed by atoms with Crippen molar-refractivity contribution in [1.82, 2.24) is 0 Å². The van der Waals surface area contributed by atoms with Crippen LogP contribution >= 0.6 is 0 Å². The first-order chi connectivity index (χ1) is 7.13. The summed E-state index contributed by atoms with van der Waals surface area (Å²) in [4.78, 5) is 0. The van der Waals surface area contributed by atoms with Crippen molar-refractivity contribution >= 4 is 0 Å². The molecule has 0 aromatic carbocycles. The lowest BCUT2D eigenvalue weighted by Crippen LogP contribution is -2.60. The van der Waals surface area contributed by atoms with Crippen LogP contribution in [-0.4, -0.2) is 22.9 Å². The van der Waals surface area contributed by atoms with Gasteiger partial charge in [-0.25, -0.2) is 0 Å². The molecule has 0 heterocycles. The monoisotopic (exact) mass is 210 g/mol. The minimum Gasteiger partial charge on any atom is -0.390 e. The van der Waals surface area contributed by atoms with Gasteiger partial charge in [0.2, 0.25) is 0 Å². The van der Waals surface area contributed by atoms with Crippen molar-refractivity contribution in [2.24, 2.45) is 11.8 Å². The van der Waals surface area contributed by atoms with Crippen LogP contribution in [0.2, 0.25) is 0 Å². The molecule has 0 aromatic heterocycles. The van der Waals surface area contributed by atoms with Crippen LogP contribution in [0.5, 0.6) is 0 Å². The molecule has 4 aliphatic rings. The minimum atomic E-state index is -0.363. The summed E-state index contributed by atoms with van der Waals surface area (Å²) in [5, 5.41) is 10.5. The minimum absolute atomic E-state index is 0.0643. The summed E-state index contributed by atoms with van der Waals surface area (Å²) in [7, 11) is 0. The summed E-state index contributed by atoms with van der Waals surface area (Å²) in [5.74, 6) is 1.49. The molecule has 2 heteroatoms. The van der Waals surface area contributed by atoms with Crippen LogP contribution in [0.1, 0.15) is 51.9 Å². The van der Waals surface area contributed by atoms with Crippen molar-refractivity contribution < 1.29 is 9.84 Å². The Hall–Kier alpha value is -0.0800. The topological polar surface area (TPSA) is 29.5 Å². The van der Waals surface area contributed by atoms with E-state index in [2.05, 4.69) is 6.92 Å². The van der Waals surface area contributed by atoms with Gasteiger partial charge in [-0.05, 0) is 50.4 Å². The van der Waals surface area contributed by atoms with Gasteiger partial charge in [-0.1, -0.05) is 6.92 Å². The van der Waals surface area contributed by atoms with E-state index in [-0.39, 0.29) is 11.2 Å². The molecule has 86 valence electrons. The quantitative estimate of drug-likeness (QED) is 0.775. The zero-order chi connectivity index (χ0) is 10.5. The van der Waals surface area contributed by atoms with Gasteiger partial charge in [0.1, 0.15) is 0 Å². The van der Waals surface area contributed by atoms with Gasteiger partial charge < -0.3 is 9.84 Å². The molecule has 4 rings (SSSR count). The summed E-state index contributed by atoms with van der Waals surface area (Å²) in [6.45, 7) is 3.03. The van der Waals surface area contributed by atoms with Crippen LogP contribution in [0.3, 0.4) is 0 Å². The molecule has 4 bridgehead atoms. The van der Waals surface area contributed by atoms with Crippen molar-refractivity contribution in [1.29, 1.82) is 0 Å². The highest BCUT2D eigenvalue weighted by Gasteiger charge is 2.57. The van der Waals surface area contributed by atoms with Gasteiger partial charge in [0, 0.05) is 13.0 Å². The Labute approximate surface area is 92.0 Å². The third kappa shape index (κ3) is 1.62. The second-order valence-corrected chi connectivity index (χ2v) is 6.22. The van der Waals surface area contributed by atoms with Crippen molar-refractivity contribution in [3.05, 3.63) is 0 Å². The third-order valence-corrected chi connectivity index (χ3v) is 4.59. The van der Waals surface area contributed by atoms with E-state index in [4.69, 9.17) is 4.74 Å². The summed E-state index contributed by atoms with van der Waals surface area (Å²) in [6, 6.07) is 0. The molecule has 0 aliphatic heterocycles. The van der Waals surface area contributed by atoms with Crippen LogP contribution in [0.25, 0.3) is 0 Å². The van der Waals surface area contributed by atoms with Crippen LogP contribution in [-0.2, 0) is 4.74 Å². The molecule has 0 spiro atoms. The SMILES string of the molecule is CCCOC12CC3CC(CC(O)(C3)C1)C2.